The summed E-state index contributed by atoms with van der Waals surface area (Å²) in [7, 11) is 0. The first kappa shape index (κ1) is 14.2. The monoisotopic (exact) mass is 236 g/mol. The molecule has 0 saturated heterocycles. The molecule has 2 nitrogen and oxygen atoms in total. The molecule has 1 aliphatic rings. The van der Waals surface area contributed by atoms with E-state index in [9.17, 15) is 10.2 Å². The molecule has 0 heterocycles. The number of rotatable bonds is 2. The average molecular weight is 236 g/mol. The van der Waals surface area contributed by atoms with Gasteiger partial charge in [0.1, 0.15) is 6.10 Å². The van der Waals surface area contributed by atoms with Crippen LogP contribution in [0.1, 0.15) is 41.0 Å². The van der Waals surface area contributed by atoms with Gasteiger partial charge in [-0.2, -0.15) is 0 Å². The zero-order valence-corrected chi connectivity index (χ0v) is 11.5. The summed E-state index contributed by atoms with van der Waals surface area (Å²) in [5.41, 5.74) is 3.12. The molecule has 0 saturated carbocycles. The highest BCUT2D eigenvalue weighted by atomic mass is 16.3. The van der Waals surface area contributed by atoms with Crippen molar-refractivity contribution in [2.24, 2.45) is 5.41 Å². The van der Waals surface area contributed by atoms with E-state index in [1.807, 2.05) is 26.8 Å². The van der Waals surface area contributed by atoms with Gasteiger partial charge < -0.3 is 10.2 Å². The van der Waals surface area contributed by atoms with Crippen molar-refractivity contribution in [2.75, 3.05) is 0 Å². The van der Waals surface area contributed by atoms with Crippen LogP contribution in [0.3, 0.4) is 0 Å². The zero-order chi connectivity index (χ0) is 13.2. The van der Waals surface area contributed by atoms with Crippen molar-refractivity contribution in [3.05, 3.63) is 34.9 Å². The Morgan fingerprint density at radius 3 is 2.47 bits per heavy atom. The molecule has 17 heavy (non-hydrogen) atoms. The molecule has 0 aromatic carbocycles. The number of hydrogen-bond acceptors (Lipinski definition) is 2. The summed E-state index contributed by atoms with van der Waals surface area (Å²) >= 11 is 0. The van der Waals surface area contributed by atoms with E-state index >= 15 is 0 Å². The molecular formula is C15H24O2. The van der Waals surface area contributed by atoms with E-state index in [0.717, 1.165) is 11.1 Å². The predicted molar refractivity (Wildman–Crippen MR) is 71.7 cm³/mol. The molecule has 96 valence electrons. The Morgan fingerprint density at radius 1 is 1.35 bits per heavy atom. The standard InChI is InChI=1S/C15H24O2/c1-6-10(2)7-8-12-11(3)14(17)13(16)9-15(12,4)5/h6-8,13-14,16-17H,9H2,1-5H3/b8-7+,10-6+. The molecule has 2 atom stereocenters. The van der Waals surface area contributed by atoms with Gasteiger partial charge in [0.25, 0.3) is 0 Å². The lowest BCUT2D eigenvalue weighted by Crippen LogP contribution is -2.38. The Kier molecular flexibility index (Phi) is 4.34. The van der Waals surface area contributed by atoms with Gasteiger partial charge in [-0.05, 0) is 43.8 Å². The molecule has 2 unspecified atom stereocenters. The maximum Gasteiger partial charge on any atom is 0.101 e. The minimum absolute atomic E-state index is 0.0900. The molecule has 1 rings (SSSR count). The molecular weight excluding hydrogens is 212 g/mol. The normalized spacial score (nSPS) is 30.2. The summed E-state index contributed by atoms with van der Waals surface area (Å²) in [6.07, 6.45) is 5.40. The van der Waals surface area contributed by atoms with Crippen LogP contribution in [0.5, 0.6) is 0 Å². The number of allylic oxidation sites excluding steroid dienone is 5. The Morgan fingerprint density at radius 2 is 1.94 bits per heavy atom. The van der Waals surface area contributed by atoms with Crippen LogP contribution in [0.25, 0.3) is 0 Å². The van der Waals surface area contributed by atoms with Gasteiger partial charge in [-0.25, -0.2) is 0 Å². The molecule has 0 aliphatic heterocycles. The third kappa shape index (κ3) is 3.08. The van der Waals surface area contributed by atoms with Crippen LogP contribution >= 0.6 is 0 Å². The van der Waals surface area contributed by atoms with Crippen molar-refractivity contribution in [3.63, 3.8) is 0 Å². The van der Waals surface area contributed by atoms with Crippen molar-refractivity contribution < 1.29 is 10.2 Å². The van der Waals surface area contributed by atoms with Crippen molar-refractivity contribution >= 4 is 0 Å². The second kappa shape index (κ2) is 5.19. The van der Waals surface area contributed by atoms with Crippen molar-refractivity contribution in [2.45, 2.75) is 53.2 Å². The molecule has 0 fully saturated rings. The van der Waals surface area contributed by atoms with Crippen LogP contribution in [0.2, 0.25) is 0 Å². The van der Waals surface area contributed by atoms with Crippen LogP contribution in [0.4, 0.5) is 0 Å². The third-order valence-corrected chi connectivity index (χ3v) is 3.65. The number of aliphatic hydroxyl groups excluding tert-OH is 2. The maximum absolute atomic E-state index is 9.91. The van der Waals surface area contributed by atoms with Crippen LogP contribution in [0.15, 0.2) is 34.9 Å². The fourth-order valence-electron chi connectivity index (χ4n) is 2.39. The van der Waals surface area contributed by atoms with Crippen molar-refractivity contribution in [1.29, 1.82) is 0 Å². The van der Waals surface area contributed by atoms with Gasteiger partial charge in [0.15, 0.2) is 0 Å². The molecule has 0 radical (unpaired) electrons. The lowest BCUT2D eigenvalue weighted by molar-refractivity contribution is 0.00686. The molecule has 2 heteroatoms. The molecule has 0 amide bonds. The van der Waals surface area contributed by atoms with E-state index in [1.165, 1.54) is 5.57 Å². The Balaban J connectivity index is 3.12. The molecule has 0 bridgehead atoms. The molecule has 0 spiro atoms. The van der Waals surface area contributed by atoms with E-state index < -0.39 is 12.2 Å². The fraction of sp³-hybridized carbons (Fsp3) is 0.600. The second-order valence-corrected chi connectivity index (χ2v) is 5.56. The van der Waals surface area contributed by atoms with Crippen LogP contribution < -0.4 is 0 Å². The minimum atomic E-state index is -0.728. The van der Waals surface area contributed by atoms with Gasteiger partial charge in [0.2, 0.25) is 0 Å². The SMILES string of the molecule is C/C=C(C)/C=C/C1=C(C)C(O)C(O)CC1(C)C. The first-order valence-corrected chi connectivity index (χ1v) is 6.18. The highest BCUT2D eigenvalue weighted by molar-refractivity contribution is 5.38. The maximum atomic E-state index is 9.91. The fourth-order valence-corrected chi connectivity index (χ4v) is 2.39. The van der Waals surface area contributed by atoms with Gasteiger partial charge in [-0.1, -0.05) is 37.6 Å². The van der Waals surface area contributed by atoms with Crippen LogP contribution in [-0.4, -0.2) is 22.4 Å². The van der Waals surface area contributed by atoms with E-state index in [4.69, 9.17) is 0 Å². The lowest BCUT2D eigenvalue weighted by Gasteiger charge is -2.38. The van der Waals surface area contributed by atoms with Gasteiger partial charge in [-0.15, -0.1) is 0 Å². The zero-order valence-electron chi connectivity index (χ0n) is 11.5. The van der Waals surface area contributed by atoms with E-state index in [0.29, 0.717) is 6.42 Å². The lowest BCUT2D eigenvalue weighted by atomic mass is 9.70. The summed E-state index contributed by atoms with van der Waals surface area (Å²) in [4.78, 5) is 0. The Labute approximate surface area is 104 Å². The minimum Gasteiger partial charge on any atom is -0.390 e. The average Bonchev–Trinajstić information content (AvgIpc) is 2.24. The molecule has 0 aromatic rings. The number of hydrogen-bond donors (Lipinski definition) is 2. The van der Waals surface area contributed by atoms with Gasteiger partial charge in [0, 0.05) is 0 Å². The number of aliphatic hydroxyl groups is 2. The summed E-state index contributed by atoms with van der Waals surface area (Å²) in [6, 6.07) is 0. The van der Waals surface area contributed by atoms with Gasteiger partial charge in [-0.3, -0.25) is 0 Å². The molecule has 2 N–H and O–H groups in total. The Hall–Kier alpha value is -0.860. The van der Waals surface area contributed by atoms with Crippen molar-refractivity contribution in [3.8, 4) is 0 Å². The summed E-state index contributed by atoms with van der Waals surface area (Å²) in [5, 5.41) is 19.7. The summed E-state index contributed by atoms with van der Waals surface area (Å²) in [5.74, 6) is 0. The summed E-state index contributed by atoms with van der Waals surface area (Å²) in [6.45, 7) is 10.2. The molecule has 0 aromatic heterocycles. The smallest absolute Gasteiger partial charge is 0.101 e. The van der Waals surface area contributed by atoms with E-state index in [1.54, 1.807) is 0 Å². The van der Waals surface area contributed by atoms with E-state index in [2.05, 4.69) is 26.0 Å². The Bertz CT molecular complexity index is 372. The molecule has 1 aliphatic carbocycles. The second-order valence-electron chi connectivity index (χ2n) is 5.56. The highest BCUT2D eigenvalue weighted by Crippen LogP contribution is 2.41. The van der Waals surface area contributed by atoms with E-state index in [-0.39, 0.29) is 5.41 Å². The quantitative estimate of drug-likeness (QED) is 0.724. The first-order valence-electron chi connectivity index (χ1n) is 6.18. The van der Waals surface area contributed by atoms with Gasteiger partial charge in [0.05, 0.1) is 6.10 Å². The first-order chi connectivity index (χ1) is 7.79. The third-order valence-electron chi connectivity index (χ3n) is 3.65. The topological polar surface area (TPSA) is 40.5 Å². The van der Waals surface area contributed by atoms with Gasteiger partial charge >= 0.3 is 0 Å². The van der Waals surface area contributed by atoms with Crippen molar-refractivity contribution in [1.82, 2.24) is 0 Å². The predicted octanol–water partition coefficient (Wildman–Crippen LogP) is 2.98. The largest absolute Gasteiger partial charge is 0.390 e. The summed E-state index contributed by atoms with van der Waals surface area (Å²) < 4.78 is 0. The van der Waals surface area contributed by atoms with Crippen LogP contribution in [0, 0.1) is 5.41 Å². The highest BCUT2D eigenvalue weighted by Gasteiger charge is 2.36. The van der Waals surface area contributed by atoms with Crippen LogP contribution in [-0.2, 0) is 0 Å².